The quantitative estimate of drug-likeness (QED) is 0.323. The van der Waals surface area contributed by atoms with Crippen molar-refractivity contribution in [1.82, 2.24) is 19.9 Å². The number of hydrogen-bond acceptors (Lipinski definition) is 8. The number of amides is 1. The van der Waals surface area contributed by atoms with Crippen molar-refractivity contribution < 1.29 is 32.2 Å². The van der Waals surface area contributed by atoms with Gasteiger partial charge in [0, 0.05) is 18.7 Å². The van der Waals surface area contributed by atoms with E-state index in [0.29, 0.717) is 32.4 Å². The molecule has 0 spiro atoms. The van der Waals surface area contributed by atoms with Crippen LogP contribution in [0.15, 0.2) is 36.4 Å². The summed E-state index contributed by atoms with van der Waals surface area (Å²) in [5.74, 6) is -0.909. The third kappa shape index (κ3) is 6.28. The monoisotopic (exact) mass is 535 g/mol. The number of fused-ring (bicyclic) bond motifs is 2. The average molecular weight is 536 g/mol. The highest BCUT2D eigenvalue weighted by atomic mass is 32.1. The van der Waals surface area contributed by atoms with Crippen LogP contribution in [0.25, 0.3) is 21.3 Å². The van der Waals surface area contributed by atoms with Gasteiger partial charge in [-0.1, -0.05) is 11.3 Å². The number of imidazole rings is 1. The van der Waals surface area contributed by atoms with Crippen LogP contribution in [0.5, 0.6) is 5.75 Å². The van der Waals surface area contributed by atoms with Crippen molar-refractivity contribution in [3.63, 3.8) is 0 Å². The smallest absolute Gasteiger partial charge is 0.458 e. The molecule has 4 aromatic rings. The maximum Gasteiger partial charge on any atom is 0.573 e. The third-order valence-corrected chi connectivity index (χ3v) is 6.00. The first-order chi connectivity index (χ1) is 17.2. The Morgan fingerprint density at radius 1 is 1.05 bits per heavy atom. The summed E-state index contributed by atoms with van der Waals surface area (Å²) in [4.78, 5) is 33.8. The van der Waals surface area contributed by atoms with E-state index in [0.717, 1.165) is 16.9 Å². The van der Waals surface area contributed by atoms with Crippen molar-refractivity contribution in [2.24, 2.45) is 7.05 Å². The Kier molecular flexibility index (Phi) is 6.76. The minimum absolute atomic E-state index is 0.310. The summed E-state index contributed by atoms with van der Waals surface area (Å²) in [6.07, 6.45) is -4.78. The van der Waals surface area contributed by atoms with Crippen molar-refractivity contribution in [1.29, 1.82) is 0 Å². The highest BCUT2D eigenvalue weighted by molar-refractivity contribution is 7.22. The lowest BCUT2D eigenvalue weighted by Crippen LogP contribution is -2.42. The van der Waals surface area contributed by atoms with Gasteiger partial charge in [-0.25, -0.2) is 14.8 Å². The summed E-state index contributed by atoms with van der Waals surface area (Å²) < 4.78 is 49.1. The molecule has 0 bridgehead atoms. The zero-order chi connectivity index (χ0) is 27.1. The lowest BCUT2D eigenvalue weighted by molar-refractivity contribution is -0.274. The number of halogens is 3. The fourth-order valence-electron chi connectivity index (χ4n) is 3.43. The maximum atomic E-state index is 12.7. The SMILES string of the molecule is CC(NC(=O)c1ccc2c(c1)nc(Nc1nc3ccc(OC(F)(F)F)cc3s1)n2C)C(=O)OC(C)(C)C. The van der Waals surface area contributed by atoms with E-state index in [4.69, 9.17) is 4.74 Å². The molecule has 1 atom stereocenters. The molecule has 1 unspecified atom stereocenters. The second kappa shape index (κ2) is 9.54. The standard InChI is InChI=1S/C24H24F3N5O4S/c1-12(20(34)36-23(2,3)4)28-19(33)13-6-9-17-16(10-13)29-21(32(17)5)31-22-30-15-8-7-14(11-18(15)37-22)35-24(25,26)27/h6-12H,1-5H3,(H,28,33)(H,29,30,31). The molecular formula is C24H24F3N5O4S. The molecular weight excluding hydrogens is 511 g/mol. The van der Waals surface area contributed by atoms with E-state index in [1.807, 2.05) is 0 Å². The Morgan fingerprint density at radius 3 is 2.46 bits per heavy atom. The third-order valence-electron chi connectivity index (χ3n) is 5.06. The molecule has 9 nitrogen and oxygen atoms in total. The Balaban J connectivity index is 1.51. The average Bonchev–Trinajstić information content (AvgIpc) is 3.30. The van der Waals surface area contributed by atoms with Crippen LogP contribution in [-0.2, 0) is 16.6 Å². The predicted molar refractivity (Wildman–Crippen MR) is 133 cm³/mol. The number of ether oxygens (including phenoxy) is 2. The lowest BCUT2D eigenvalue weighted by Gasteiger charge is -2.22. The van der Waals surface area contributed by atoms with Crippen LogP contribution in [0.4, 0.5) is 24.3 Å². The van der Waals surface area contributed by atoms with Crippen LogP contribution in [0.2, 0.25) is 0 Å². The van der Waals surface area contributed by atoms with Crippen molar-refractivity contribution in [3.05, 3.63) is 42.0 Å². The second-order valence-corrected chi connectivity index (χ2v) is 10.3. The molecule has 4 rings (SSSR count). The number of aromatic nitrogens is 3. The zero-order valence-electron chi connectivity index (χ0n) is 20.6. The predicted octanol–water partition coefficient (Wildman–Crippen LogP) is 5.29. The Bertz CT molecular complexity index is 1490. The van der Waals surface area contributed by atoms with Crippen LogP contribution >= 0.6 is 11.3 Å². The van der Waals surface area contributed by atoms with Crippen LogP contribution in [0.1, 0.15) is 38.1 Å². The summed E-state index contributed by atoms with van der Waals surface area (Å²) in [7, 11) is 1.77. The fraction of sp³-hybridized carbons (Fsp3) is 0.333. The largest absolute Gasteiger partial charge is 0.573 e. The number of carbonyl (C=O) groups excluding carboxylic acids is 2. The van der Waals surface area contributed by atoms with Crippen molar-refractivity contribution in [2.75, 3.05) is 5.32 Å². The van der Waals surface area contributed by atoms with Crippen molar-refractivity contribution in [3.8, 4) is 5.75 Å². The van der Waals surface area contributed by atoms with Gasteiger partial charge < -0.3 is 24.7 Å². The molecule has 0 aliphatic heterocycles. The second-order valence-electron chi connectivity index (χ2n) is 9.25. The molecule has 0 saturated heterocycles. The number of nitrogens with one attached hydrogen (secondary N) is 2. The van der Waals surface area contributed by atoms with E-state index < -0.39 is 29.9 Å². The van der Waals surface area contributed by atoms with E-state index in [1.54, 1.807) is 57.5 Å². The molecule has 13 heteroatoms. The van der Waals surface area contributed by atoms with Gasteiger partial charge in [0.2, 0.25) is 5.95 Å². The number of hydrogen-bond donors (Lipinski definition) is 2. The number of esters is 1. The molecule has 37 heavy (non-hydrogen) atoms. The molecule has 2 aromatic carbocycles. The summed E-state index contributed by atoms with van der Waals surface area (Å²) in [6.45, 7) is 6.78. The van der Waals surface area contributed by atoms with E-state index in [9.17, 15) is 22.8 Å². The van der Waals surface area contributed by atoms with Crippen LogP contribution in [-0.4, -0.2) is 44.4 Å². The van der Waals surface area contributed by atoms with Gasteiger partial charge >= 0.3 is 12.3 Å². The number of nitrogens with zero attached hydrogens (tertiary/aromatic N) is 3. The van der Waals surface area contributed by atoms with Gasteiger partial charge in [0.05, 0.1) is 21.3 Å². The Labute approximate surface area is 213 Å². The first-order valence-corrected chi connectivity index (χ1v) is 11.9. The minimum atomic E-state index is -4.78. The molecule has 0 saturated carbocycles. The van der Waals surface area contributed by atoms with E-state index in [-0.39, 0.29) is 5.75 Å². The topological polar surface area (TPSA) is 107 Å². The minimum Gasteiger partial charge on any atom is -0.458 e. The first-order valence-electron chi connectivity index (χ1n) is 11.1. The van der Waals surface area contributed by atoms with Crippen molar-refractivity contribution in [2.45, 2.75) is 45.7 Å². The van der Waals surface area contributed by atoms with Crippen molar-refractivity contribution >= 4 is 55.5 Å². The molecule has 2 heterocycles. The van der Waals surface area contributed by atoms with Gasteiger partial charge in [-0.2, -0.15) is 0 Å². The van der Waals surface area contributed by atoms with Crippen LogP contribution in [0.3, 0.4) is 0 Å². The molecule has 0 fully saturated rings. The van der Waals surface area contributed by atoms with E-state index in [2.05, 4.69) is 25.3 Å². The first kappa shape index (κ1) is 26.2. The van der Waals surface area contributed by atoms with Gasteiger partial charge in [0.1, 0.15) is 17.4 Å². The number of aryl methyl sites for hydroxylation is 1. The van der Waals surface area contributed by atoms with Gasteiger partial charge in [-0.15, -0.1) is 13.2 Å². The van der Waals surface area contributed by atoms with Gasteiger partial charge in [-0.05, 0) is 58.0 Å². The summed E-state index contributed by atoms with van der Waals surface area (Å²) in [6, 6.07) is 8.00. The zero-order valence-corrected chi connectivity index (χ0v) is 21.4. The number of carbonyl (C=O) groups is 2. The van der Waals surface area contributed by atoms with Gasteiger partial charge in [0.15, 0.2) is 5.13 Å². The number of rotatable bonds is 6. The summed E-state index contributed by atoms with van der Waals surface area (Å²) in [5.41, 5.74) is 1.38. The summed E-state index contributed by atoms with van der Waals surface area (Å²) in [5, 5.41) is 6.11. The summed E-state index contributed by atoms with van der Waals surface area (Å²) >= 11 is 1.14. The molecule has 0 aliphatic carbocycles. The highest BCUT2D eigenvalue weighted by Gasteiger charge is 2.31. The molecule has 0 radical (unpaired) electrons. The van der Waals surface area contributed by atoms with Crippen LogP contribution < -0.4 is 15.4 Å². The molecule has 196 valence electrons. The number of benzene rings is 2. The fourth-order valence-corrected chi connectivity index (χ4v) is 4.32. The number of alkyl halides is 3. The van der Waals surface area contributed by atoms with Gasteiger partial charge in [0.25, 0.3) is 5.91 Å². The molecule has 1 amide bonds. The molecule has 0 aliphatic rings. The lowest BCUT2D eigenvalue weighted by atomic mass is 10.1. The van der Waals surface area contributed by atoms with Crippen LogP contribution in [0, 0.1) is 0 Å². The molecule has 2 N–H and O–H groups in total. The Hall–Kier alpha value is -3.87. The van der Waals surface area contributed by atoms with E-state index >= 15 is 0 Å². The normalized spacial score (nSPS) is 13.0. The highest BCUT2D eigenvalue weighted by Crippen LogP contribution is 2.33. The van der Waals surface area contributed by atoms with E-state index in [1.165, 1.54) is 18.2 Å². The van der Waals surface area contributed by atoms with Gasteiger partial charge in [-0.3, -0.25) is 4.79 Å². The number of thiazole rings is 1. The Morgan fingerprint density at radius 2 is 1.78 bits per heavy atom. The maximum absolute atomic E-state index is 12.7. The molecule has 2 aromatic heterocycles. The number of anilines is 2.